The first-order valence-corrected chi connectivity index (χ1v) is 5.59. The van der Waals surface area contributed by atoms with Gasteiger partial charge >= 0.3 is 10.4 Å². The lowest BCUT2D eigenvalue weighted by molar-refractivity contribution is -0.280. The molecule has 1 rings (SSSR count). The van der Waals surface area contributed by atoms with E-state index in [4.69, 9.17) is 9.66 Å². The molecule has 0 aromatic rings. The van der Waals surface area contributed by atoms with Crippen molar-refractivity contribution in [3.63, 3.8) is 0 Å². The van der Waals surface area contributed by atoms with E-state index in [1.807, 2.05) is 0 Å². The van der Waals surface area contributed by atoms with E-state index in [0.717, 1.165) is 0 Å². The Bertz CT molecular complexity index is 327. The number of hydrogen-bond acceptors (Lipinski definition) is 8. The molecule has 0 spiro atoms. The molecule has 1 heterocycles. The van der Waals surface area contributed by atoms with Crippen LogP contribution in [0.1, 0.15) is 0 Å². The van der Waals surface area contributed by atoms with Crippen molar-refractivity contribution >= 4 is 10.4 Å². The second kappa shape index (κ2) is 4.89. The summed E-state index contributed by atoms with van der Waals surface area (Å²) in [6.07, 6.45) is -8.53. The lowest BCUT2D eigenvalue weighted by Crippen LogP contribution is -2.59. The summed E-state index contributed by atoms with van der Waals surface area (Å²) in [4.78, 5) is 0. The molecule has 0 aliphatic carbocycles. The van der Waals surface area contributed by atoms with Crippen molar-refractivity contribution < 1.29 is 42.3 Å². The fourth-order valence-corrected chi connectivity index (χ4v) is 1.81. The van der Waals surface area contributed by atoms with Crippen LogP contribution < -0.4 is 0 Å². The van der Waals surface area contributed by atoms with Crippen LogP contribution in [0, 0.1) is 0 Å². The van der Waals surface area contributed by atoms with Crippen molar-refractivity contribution in [2.45, 2.75) is 30.7 Å². The Balaban J connectivity index is 2.80. The largest absolute Gasteiger partial charge is 0.397 e. The average molecular weight is 260 g/mol. The number of aliphatic hydroxyl groups excluding tert-OH is 4. The predicted octanol–water partition coefficient (Wildman–Crippen LogP) is -3.39. The van der Waals surface area contributed by atoms with Gasteiger partial charge in [0.2, 0.25) is 0 Å². The molecule has 16 heavy (non-hydrogen) atoms. The average Bonchev–Trinajstić information content (AvgIpc) is 2.17. The van der Waals surface area contributed by atoms with E-state index in [1.165, 1.54) is 0 Å². The Morgan fingerprint density at radius 3 is 2.19 bits per heavy atom. The summed E-state index contributed by atoms with van der Waals surface area (Å²) in [5.74, 6) is 0. The van der Waals surface area contributed by atoms with Gasteiger partial charge in [-0.15, -0.1) is 0 Å². The summed E-state index contributed by atoms with van der Waals surface area (Å²) in [6.45, 7) is -0.687. The second-order valence-electron chi connectivity index (χ2n) is 3.22. The van der Waals surface area contributed by atoms with Gasteiger partial charge in [-0.05, 0) is 0 Å². The summed E-state index contributed by atoms with van der Waals surface area (Å²) in [5.41, 5.74) is 0. The van der Waals surface area contributed by atoms with Gasteiger partial charge in [0, 0.05) is 0 Å². The van der Waals surface area contributed by atoms with Crippen molar-refractivity contribution in [3.05, 3.63) is 0 Å². The fraction of sp³-hybridized carbons (Fsp3) is 1.00. The van der Waals surface area contributed by atoms with Gasteiger partial charge in [0.05, 0.1) is 6.61 Å². The van der Waals surface area contributed by atoms with Crippen molar-refractivity contribution in [3.8, 4) is 0 Å². The molecule has 1 saturated heterocycles. The van der Waals surface area contributed by atoms with Gasteiger partial charge in [-0.1, -0.05) is 0 Å². The summed E-state index contributed by atoms with van der Waals surface area (Å²) in [7, 11) is -4.91. The molecule has 9 nitrogen and oxygen atoms in total. The van der Waals surface area contributed by atoms with Gasteiger partial charge in [0.1, 0.15) is 18.3 Å². The highest BCUT2D eigenvalue weighted by molar-refractivity contribution is 7.80. The van der Waals surface area contributed by atoms with Crippen molar-refractivity contribution in [1.82, 2.24) is 0 Å². The summed E-state index contributed by atoms with van der Waals surface area (Å²) < 4.78 is 37.6. The molecule has 1 aliphatic heterocycles. The number of aliphatic hydroxyl groups is 4. The maximum atomic E-state index is 10.4. The molecule has 0 saturated carbocycles. The van der Waals surface area contributed by atoms with E-state index in [2.05, 4.69) is 8.92 Å². The van der Waals surface area contributed by atoms with Crippen LogP contribution in [0.3, 0.4) is 0 Å². The van der Waals surface area contributed by atoms with E-state index in [-0.39, 0.29) is 0 Å². The summed E-state index contributed by atoms with van der Waals surface area (Å²) >= 11 is 0. The van der Waals surface area contributed by atoms with Crippen LogP contribution in [-0.4, -0.2) is 70.7 Å². The Kier molecular flexibility index (Phi) is 4.20. The third-order valence-electron chi connectivity index (χ3n) is 2.08. The molecule has 1 fully saturated rings. The first kappa shape index (κ1) is 13.7. The zero-order chi connectivity index (χ0) is 12.5. The highest BCUT2D eigenvalue weighted by Crippen LogP contribution is 2.22. The van der Waals surface area contributed by atoms with Crippen LogP contribution in [-0.2, 0) is 19.3 Å². The Labute approximate surface area is 90.8 Å². The molecular weight excluding hydrogens is 248 g/mol. The smallest absolute Gasteiger partial charge is 0.394 e. The molecule has 1 aliphatic rings. The minimum Gasteiger partial charge on any atom is -0.394 e. The standard InChI is InChI=1S/C6H12O9S/c7-1-2-3(8)4(9)5(6(10)14-2)15-16(11,12)13/h2-10H,1H2,(H,11,12,13)/t2-,3+,4-,5+,6?/m1/s1. The van der Waals surface area contributed by atoms with Crippen LogP contribution >= 0.6 is 0 Å². The monoisotopic (exact) mass is 260 g/mol. The molecule has 0 aromatic heterocycles. The van der Waals surface area contributed by atoms with Crippen LogP contribution in [0.5, 0.6) is 0 Å². The van der Waals surface area contributed by atoms with Gasteiger partial charge in [-0.3, -0.25) is 4.55 Å². The zero-order valence-corrected chi connectivity index (χ0v) is 8.69. The molecule has 0 bridgehead atoms. The van der Waals surface area contributed by atoms with Gasteiger partial charge in [-0.2, -0.15) is 8.42 Å². The van der Waals surface area contributed by atoms with E-state index in [1.54, 1.807) is 0 Å². The van der Waals surface area contributed by atoms with E-state index >= 15 is 0 Å². The van der Waals surface area contributed by atoms with Gasteiger partial charge < -0.3 is 25.2 Å². The molecule has 5 atom stereocenters. The predicted molar refractivity (Wildman–Crippen MR) is 46.4 cm³/mol. The minimum absolute atomic E-state index is 0.687. The SMILES string of the molecule is O=S(=O)(O)O[C@@H]1C(O)O[C@H](CO)[C@H](O)[C@H]1O. The van der Waals surface area contributed by atoms with Gasteiger partial charge in [0.15, 0.2) is 12.4 Å². The van der Waals surface area contributed by atoms with Crippen molar-refractivity contribution in [1.29, 1.82) is 0 Å². The normalized spacial score (nSPS) is 40.9. The quantitative estimate of drug-likeness (QED) is 0.327. The summed E-state index contributed by atoms with van der Waals surface area (Å²) in [6, 6.07) is 0. The molecule has 5 N–H and O–H groups in total. The molecule has 96 valence electrons. The van der Waals surface area contributed by atoms with Crippen LogP contribution in [0.2, 0.25) is 0 Å². The minimum atomic E-state index is -4.91. The second-order valence-corrected chi connectivity index (χ2v) is 4.27. The maximum absolute atomic E-state index is 10.4. The Morgan fingerprint density at radius 2 is 1.75 bits per heavy atom. The molecule has 0 radical (unpaired) electrons. The molecule has 10 heteroatoms. The van der Waals surface area contributed by atoms with Crippen LogP contribution in [0.15, 0.2) is 0 Å². The first-order chi connectivity index (χ1) is 7.26. The zero-order valence-electron chi connectivity index (χ0n) is 7.87. The van der Waals surface area contributed by atoms with Crippen molar-refractivity contribution in [2.24, 2.45) is 0 Å². The van der Waals surface area contributed by atoms with Gasteiger partial charge in [-0.25, -0.2) is 4.18 Å². The van der Waals surface area contributed by atoms with E-state index in [0.29, 0.717) is 0 Å². The Morgan fingerprint density at radius 1 is 1.19 bits per heavy atom. The molecule has 0 aromatic carbocycles. The van der Waals surface area contributed by atoms with E-state index < -0.39 is 47.7 Å². The third-order valence-corrected chi connectivity index (χ3v) is 2.54. The van der Waals surface area contributed by atoms with Gasteiger partial charge in [0.25, 0.3) is 0 Å². The lowest BCUT2D eigenvalue weighted by Gasteiger charge is -2.38. The number of hydrogen-bond donors (Lipinski definition) is 5. The van der Waals surface area contributed by atoms with Crippen LogP contribution in [0.4, 0.5) is 0 Å². The number of ether oxygens (including phenoxy) is 1. The topological polar surface area (TPSA) is 154 Å². The third kappa shape index (κ3) is 3.09. The highest BCUT2D eigenvalue weighted by atomic mass is 32.3. The maximum Gasteiger partial charge on any atom is 0.397 e. The highest BCUT2D eigenvalue weighted by Gasteiger charge is 2.46. The lowest BCUT2D eigenvalue weighted by atomic mass is 9.99. The molecule has 1 unspecified atom stereocenters. The molecular formula is C6H12O9S. The fourth-order valence-electron chi connectivity index (χ4n) is 1.32. The molecule has 0 amide bonds. The first-order valence-electron chi connectivity index (χ1n) is 4.22. The Hall–Kier alpha value is -0.330. The van der Waals surface area contributed by atoms with Crippen LogP contribution in [0.25, 0.3) is 0 Å². The number of rotatable bonds is 3. The summed E-state index contributed by atoms with van der Waals surface area (Å²) in [5, 5.41) is 36.6. The van der Waals surface area contributed by atoms with Crippen molar-refractivity contribution in [2.75, 3.05) is 6.61 Å². The van der Waals surface area contributed by atoms with E-state index in [9.17, 15) is 23.7 Å².